The molecule has 6 nitrogen and oxygen atoms in total. The second-order valence-corrected chi connectivity index (χ2v) is 17.4. The molecule has 3 aliphatic rings. The summed E-state index contributed by atoms with van der Waals surface area (Å²) in [4.78, 5) is 25.8. The summed E-state index contributed by atoms with van der Waals surface area (Å²) in [6.07, 6.45) is 5.87. The average Bonchev–Trinajstić information content (AvgIpc) is 3.85. The lowest BCUT2D eigenvalue weighted by Crippen LogP contribution is -2.33. The fourth-order valence-electron chi connectivity index (χ4n) is 9.91. The molecule has 0 radical (unpaired) electrons. The number of nitrogens with one attached hydrogen (secondary N) is 1. The van der Waals surface area contributed by atoms with Crippen LogP contribution in [-0.2, 0) is 5.41 Å². The van der Waals surface area contributed by atoms with Gasteiger partial charge in [-0.3, -0.25) is 0 Å². The third kappa shape index (κ3) is 6.10. The van der Waals surface area contributed by atoms with Crippen LogP contribution in [0.3, 0.4) is 0 Å². The maximum Gasteiger partial charge on any atom is 0.164 e. The Bertz CT molecular complexity index is 3200. The summed E-state index contributed by atoms with van der Waals surface area (Å²) in [6, 6.07) is 59.9. The first-order valence-corrected chi connectivity index (χ1v) is 22.1. The number of rotatable bonds is 6. The van der Waals surface area contributed by atoms with Crippen LogP contribution < -0.4 is 5.32 Å². The van der Waals surface area contributed by atoms with Crippen molar-refractivity contribution in [2.45, 2.75) is 43.7 Å². The third-order valence-corrected chi connectivity index (χ3v) is 14.0. The quantitative estimate of drug-likeness (QED) is 0.182. The number of aromatic nitrogens is 3. The molecule has 1 atom stereocenters. The minimum atomic E-state index is -0.368. The van der Waals surface area contributed by atoms with Gasteiger partial charge in [-0.05, 0) is 58.9 Å². The van der Waals surface area contributed by atoms with Crippen molar-refractivity contribution in [1.29, 1.82) is 0 Å². The summed E-state index contributed by atoms with van der Waals surface area (Å²) in [5.41, 5.74) is 11.6. The molecule has 12 rings (SSSR count). The summed E-state index contributed by atoms with van der Waals surface area (Å²) in [5.74, 6) is 3.44. The zero-order valence-electron chi connectivity index (χ0n) is 33.4. The van der Waals surface area contributed by atoms with Gasteiger partial charge < -0.3 is 5.32 Å². The molecule has 0 saturated heterocycles. The normalized spacial score (nSPS) is 16.5. The molecule has 0 bridgehead atoms. The number of thiophene rings is 1. The average molecular weight is 805 g/mol. The number of aliphatic imine (C=N–C) groups is 2. The van der Waals surface area contributed by atoms with E-state index < -0.39 is 0 Å². The van der Waals surface area contributed by atoms with E-state index in [9.17, 15) is 0 Å². The van der Waals surface area contributed by atoms with E-state index in [1.807, 2.05) is 47.7 Å². The van der Waals surface area contributed by atoms with Crippen LogP contribution in [0.25, 0.3) is 65.5 Å². The summed E-state index contributed by atoms with van der Waals surface area (Å²) >= 11 is 1.81. The van der Waals surface area contributed by atoms with Gasteiger partial charge >= 0.3 is 0 Å². The second-order valence-electron chi connectivity index (χ2n) is 16.3. The smallest absolute Gasteiger partial charge is 0.164 e. The van der Waals surface area contributed by atoms with Gasteiger partial charge in [0.1, 0.15) is 12.0 Å². The Morgan fingerprint density at radius 3 is 1.89 bits per heavy atom. The van der Waals surface area contributed by atoms with Crippen LogP contribution in [0.5, 0.6) is 0 Å². The molecule has 9 aromatic rings. The van der Waals surface area contributed by atoms with Crippen LogP contribution in [-0.4, -0.2) is 26.6 Å². The van der Waals surface area contributed by atoms with E-state index in [2.05, 4.69) is 139 Å². The number of nitrogens with zero attached hydrogens (tertiary/aromatic N) is 5. The van der Waals surface area contributed by atoms with Gasteiger partial charge in [-0.2, -0.15) is 0 Å². The Morgan fingerprint density at radius 1 is 0.492 bits per heavy atom. The molecular formula is C54H40N6S. The van der Waals surface area contributed by atoms with Crippen molar-refractivity contribution in [3.8, 4) is 45.3 Å². The largest absolute Gasteiger partial charge is 0.344 e. The Balaban J connectivity index is 0.932. The predicted octanol–water partition coefficient (Wildman–Crippen LogP) is 13.0. The van der Waals surface area contributed by atoms with Crippen LogP contribution in [0.1, 0.15) is 66.1 Å². The maximum absolute atomic E-state index is 5.20. The van der Waals surface area contributed by atoms with Crippen molar-refractivity contribution in [1.82, 2.24) is 20.3 Å². The SMILES string of the molecule is c1ccc(C2=NC(c3ccc(-c4nc(-c5ccccc5)nc(-c5ccc6c(c5)-c5ccccc5C65CCCCC5)n4)cc3)NC(c3cccc4sc5ccccc5c34)=N2)cc1. The molecule has 1 spiro atoms. The molecule has 2 aliphatic carbocycles. The van der Waals surface area contributed by atoms with E-state index >= 15 is 0 Å². The fourth-order valence-corrected chi connectivity index (χ4v) is 11.0. The molecular weight excluding hydrogens is 765 g/mol. The van der Waals surface area contributed by atoms with E-state index in [4.69, 9.17) is 24.9 Å². The lowest BCUT2D eigenvalue weighted by Gasteiger charge is -2.35. The second kappa shape index (κ2) is 14.6. The molecule has 2 aromatic heterocycles. The summed E-state index contributed by atoms with van der Waals surface area (Å²) in [6.45, 7) is 0. The number of hydrogen-bond donors (Lipinski definition) is 1. The molecule has 7 heteroatoms. The first-order chi connectivity index (χ1) is 30.2. The van der Waals surface area contributed by atoms with E-state index in [-0.39, 0.29) is 11.6 Å². The highest BCUT2D eigenvalue weighted by Crippen LogP contribution is 2.56. The zero-order chi connectivity index (χ0) is 40.3. The number of amidine groups is 2. The van der Waals surface area contributed by atoms with Gasteiger partial charge in [-0.15, -0.1) is 11.3 Å². The summed E-state index contributed by atoms with van der Waals surface area (Å²) < 4.78 is 2.49. The van der Waals surface area contributed by atoms with Gasteiger partial charge in [-0.1, -0.05) is 171 Å². The Kier molecular flexibility index (Phi) is 8.56. The Labute approximate surface area is 358 Å². The van der Waals surface area contributed by atoms with Crippen LogP contribution in [0.4, 0.5) is 0 Å². The Hall–Kier alpha value is -7.09. The lowest BCUT2D eigenvalue weighted by molar-refractivity contribution is 0.353. The minimum absolute atomic E-state index is 0.0985. The van der Waals surface area contributed by atoms with Crippen molar-refractivity contribution >= 4 is 43.2 Å². The number of hydrogen-bond acceptors (Lipinski definition) is 7. The monoisotopic (exact) mass is 804 g/mol. The highest BCUT2D eigenvalue weighted by atomic mass is 32.1. The van der Waals surface area contributed by atoms with Crippen molar-refractivity contribution in [2.75, 3.05) is 0 Å². The van der Waals surface area contributed by atoms with E-state index in [0.29, 0.717) is 23.3 Å². The molecule has 61 heavy (non-hydrogen) atoms. The molecule has 1 saturated carbocycles. The highest BCUT2D eigenvalue weighted by molar-refractivity contribution is 7.25. The van der Waals surface area contributed by atoms with Gasteiger partial charge in [0, 0.05) is 53.4 Å². The van der Waals surface area contributed by atoms with Gasteiger partial charge in [0.05, 0.1) is 0 Å². The van der Waals surface area contributed by atoms with Crippen molar-refractivity contribution in [2.24, 2.45) is 9.98 Å². The summed E-state index contributed by atoms with van der Waals surface area (Å²) in [7, 11) is 0. The van der Waals surface area contributed by atoms with E-state index in [1.165, 1.54) is 74.5 Å². The van der Waals surface area contributed by atoms with Crippen LogP contribution in [0.2, 0.25) is 0 Å². The minimum Gasteiger partial charge on any atom is -0.344 e. The van der Waals surface area contributed by atoms with E-state index in [1.54, 1.807) is 0 Å². The molecule has 292 valence electrons. The van der Waals surface area contributed by atoms with Crippen LogP contribution in [0.15, 0.2) is 180 Å². The Morgan fingerprint density at radius 2 is 1.10 bits per heavy atom. The molecule has 0 amide bonds. The van der Waals surface area contributed by atoms with Crippen molar-refractivity contribution in [3.05, 3.63) is 198 Å². The molecule has 3 heterocycles. The van der Waals surface area contributed by atoms with Gasteiger partial charge in [0.25, 0.3) is 0 Å². The highest BCUT2D eigenvalue weighted by Gasteiger charge is 2.43. The van der Waals surface area contributed by atoms with Gasteiger partial charge in [-0.25, -0.2) is 24.9 Å². The van der Waals surface area contributed by atoms with Crippen LogP contribution >= 0.6 is 11.3 Å². The third-order valence-electron chi connectivity index (χ3n) is 12.8. The number of benzene rings is 7. The number of fused-ring (bicyclic) bond motifs is 8. The molecule has 1 unspecified atom stereocenters. The van der Waals surface area contributed by atoms with Crippen LogP contribution in [0, 0.1) is 0 Å². The van der Waals surface area contributed by atoms with Crippen molar-refractivity contribution < 1.29 is 0 Å². The van der Waals surface area contributed by atoms with Gasteiger partial charge in [0.2, 0.25) is 0 Å². The molecule has 1 aliphatic heterocycles. The lowest BCUT2D eigenvalue weighted by atomic mass is 9.68. The zero-order valence-corrected chi connectivity index (χ0v) is 34.2. The fraction of sp³-hybridized carbons (Fsp3) is 0.130. The molecule has 1 N–H and O–H groups in total. The maximum atomic E-state index is 5.20. The predicted molar refractivity (Wildman–Crippen MR) is 250 cm³/mol. The summed E-state index contributed by atoms with van der Waals surface area (Å²) in [5, 5.41) is 6.17. The first kappa shape index (κ1) is 35.8. The van der Waals surface area contributed by atoms with E-state index in [0.717, 1.165) is 39.2 Å². The van der Waals surface area contributed by atoms with Gasteiger partial charge in [0.15, 0.2) is 23.3 Å². The topological polar surface area (TPSA) is 75.4 Å². The molecule has 1 fully saturated rings. The standard InChI is InChI=1S/C54H40N6S/c1-4-15-34(16-5-1)48-55-50(58-52(57-48)38-29-30-44-42(33-38)39-19-8-10-22-43(39)54(44)31-12-3-13-32-54)36-25-27-37(28-26-36)51-56-49(35-17-6-2-7-18-35)59-53(60-51)41-21-14-24-46-47(41)40-20-9-11-23-45(40)61-46/h1-2,4-11,14-30,33,51H,3,12-13,31-32H2,(H,56,59,60). The molecule has 7 aromatic carbocycles. The first-order valence-electron chi connectivity index (χ1n) is 21.2. The van der Waals surface area contributed by atoms with Crippen molar-refractivity contribution in [3.63, 3.8) is 0 Å².